The van der Waals surface area contributed by atoms with Gasteiger partial charge in [-0.2, -0.15) is 0 Å². The molecule has 0 unspecified atom stereocenters. The van der Waals surface area contributed by atoms with Gasteiger partial charge < -0.3 is 38.1 Å². The van der Waals surface area contributed by atoms with E-state index in [1.807, 2.05) is 45.6 Å². The number of esters is 1. The molecule has 270 valence electrons. The van der Waals surface area contributed by atoms with Crippen LogP contribution in [0.15, 0.2) is 0 Å². The highest BCUT2D eigenvalue weighted by molar-refractivity contribution is 6.69. The van der Waals surface area contributed by atoms with Crippen LogP contribution < -0.4 is 0 Å². The average Bonchev–Trinajstić information content (AvgIpc) is 3.26. The lowest BCUT2D eigenvalue weighted by Gasteiger charge is -2.48. The minimum Gasteiger partial charge on any atom is -0.455 e. The second-order valence-electron chi connectivity index (χ2n) is 15.5. The molecule has 3 saturated heterocycles. The molecule has 3 rings (SSSR count). The van der Waals surface area contributed by atoms with Gasteiger partial charge in [0.05, 0.1) is 23.7 Å². The number of hydrogen-bond acceptors (Lipinski definition) is 12. The predicted octanol–water partition coefficient (Wildman–Crippen LogP) is 4.20. The van der Waals surface area contributed by atoms with E-state index < -0.39 is 91.6 Å². The van der Waals surface area contributed by atoms with E-state index in [9.17, 15) is 24.3 Å². The van der Waals surface area contributed by atoms with Gasteiger partial charge in [0.25, 0.3) is 5.67 Å². The molecular weight excluding hydrogens is 633 g/mol. The first kappa shape index (κ1) is 39.5. The lowest BCUT2D eigenvalue weighted by molar-refractivity contribution is -0.290. The largest absolute Gasteiger partial charge is 0.509 e. The number of nitrogens with zero attached hydrogens (tertiary/aromatic N) is 1. The monoisotopic (exact) mass is 689 g/mol. The van der Waals surface area contributed by atoms with Crippen LogP contribution in [-0.2, 0) is 42.5 Å². The lowest BCUT2D eigenvalue weighted by atomic mass is 9.74. The van der Waals surface area contributed by atoms with Crippen molar-refractivity contribution in [2.75, 3.05) is 14.1 Å². The molecule has 0 bridgehead atoms. The van der Waals surface area contributed by atoms with Crippen LogP contribution in [0.25, 0.3) is 0 Å². The number of hydrogen-bond donors (Lipinski definition) is 1. The average molecular weight is 690 g/mol. The maximum Gasteiger partial charge on any atom is 0.509 e. The van der Waals surface area contributed by atoms with Crippen molar-refractivity contribution in [2.24, 2.45) is 17.8 Å². The summed E-state index contributed by atoms with van der Waals surface area (Å²) in [5.74, 6) is -6.26. The number of alkyl halides is 1. The number of aliphatic hydroxyl groups is 1. The van der Waals surface area contributed by atoms with Crippen molar-refractivity contribution in [2.45, 2.75) is 154 Å². The summed E-state index contributed by atoms with van der Waals surface area (Å²) in [6.45, 7) is 17.8. The topological polar surface area (TPSA) is 147 Å². The van der Waals surface area contributed by atoms with Crippen molar-refractivity contribution < 1.29 is 56.8 Å². The number of Topliss-reactive ketones (excluding diaryl/α,β-unsaturated/α-hetero) is 2. The Morgan fingerprint density at radius 3 is 2.13 bits per heavy atom. The van der Waals surface area contributed by atoms with Crippen LogP contribution in [0.3, 0.4) is 0 Å². The summed E-state index contributed by atoms with van der Waals surface area (Å²) in [6.07, 6.45) is -6.45. The smallest absolute Gasteiger partial charge is 0.455 e. The molecule has 3 aliphatic heterocycles. The van der Waals surface area contributed by atoms with Gasteiger partial charge in [-0.1, -0.05) is 27.7 Å². The van der Waals surface area contributed by atoms with Gasteiger partial charge in [-0.05, 0) is 80.7 Å². The molecule has 3 aliphatic rings. The molecule has 0 aromatic carbocycles. The Bertz CT molecular complexity index is 1190. The number of likely N-dealkylation sites (N-methyl/N-ethyl adjacent to an activating group) is 1. The van der Waals surface area contributed by atoms with E-state index in [1.54, 1.807) is 20.8 Å². The van der Waals surface area contributed by atoms with Crippen molar-refractivity contribution in [3.05, 3.63) is 0 Å². The molecule has 0 radical (unpaired) electrons. The van der Waals surface area contributed by atoms with Gasteiger partial charge in [-0.3, -0.25) is 9.59 Å². The summed E-state index contributed by atoms with van der Waals surface area (Å²) in [5, 5.41) is 12.1. The maximum atomic E-state index is 16.5. The summed E-state index contributed by atoms with van der Waals surface area (Å²) < 4.78 is 52.3. The Morgan fingerprint density at radius 2 is 1.60 bits per heavy atom. The third kappa shape index (κ3) is 8.26. The number of fused-ring (bicyclic) bond motifs is 1. The number of rotatable bonds is 6. The number of carbonyl (C=O) groups excluding carboxylic acids is 4. The van der Waals surface area contributed by atoms with Crippen LogP contribution in [-0.4, -0.2) is 116 Å². The number of cyclic esters (lactones) is 1. The van der Waals surface area contributed by atoms with Crippen molar-refractivity contribution in [1.82, 2.24) is 4.90 Å². The number of ketones is 2. The van der Waals surface area contributed by atoms with Crippen LogP contribution in [0.2, 0.25) is 19.6 Å². The van der Waals surface area contributed by atoms with Gasteiger partial charge in [0.2, 0.25) is 0 Å². The quantitative estimate of drug-likeness (QED) is 0.242. The highest BCUT2D eigenvalue weighted by atomic mass is 28.4. The number of carbonyl (C=O) groups is 4. The first-order valence-corrected chi connectivity index (χ1v) is 20.0. The Hall–Kier alpha value is -1.97. The zero-order chi connectivity index (χ0) is 36.0. The zero-order valence-electron chi connectivity index (χ0n) is 30.2. The van der Waals surface area contributed by atoms with E-state index >= 15 is 4.39 Å². The van der Waals surface area contributed by atoms with E-state index in [4.69, 9.17) is 28.1 Å². The summed E-state index contributed by atoms with van der Waals surface area (Å²) in [6, 6.07) is -0.149. The van der Waals surface area contributed by atoms with Crippen molar-refractivity contribution >= 4 is 32.0 Å². The SMILES string of the molecule is CC[C@H]1OC(=O)[C@@](C)(F)C(=O)[C@H](C)[C@@H](O[C@@H]2O[C@H](C)C[C@H](N(C)C)[C@H]2O[Si](C)(C)C)[C@](C)(O)C[C@@H](C)C(=O)[C@H](C)[C@H]2OC(=O)O[C@@]21C. The molecule has 0 amide bonds. The van der Waals surface area contributed by atoms with Gasteiger partial charge in [-0.25, -0.2) is 14.0 Å². The molecule has 0 aliphatic carbocycles. The normalized spacial score (nSPS) is 44.3. The molecule has 3 heterocycles. The molecule has 12 nitrogen and oxygen atoms in total. The summed E-state index contributed by atoms with van der Waals surface area (Å²) >= 11 is 0. The minimum absolute atomic E-state index is 0.0643. The molecule has 13 atom stereocenters. The number of halogens is 1. The highest BCUT2D eigenvalue weighted by Crippen LogP contribution is 2.42. The summed E-state index contributed by atoms with van der Waals surface area (Å²) in [7, 11) is 1.63. The highest BCUT2D eigenvalue weighted by Gasteiger charge is 2.60. The summed E-state index contributed by atoms with van der Waals surface area (Å²) in [4.78, 5) is 55.7. The fraction of sp³-hybridized carbons (Fsp3) is 0.879. The Kier molecular flexibility index (Phi) is 11.8. The third-order valence-corrected chi connectivity index (χ3v) is 10.8. The molecular formula is C33H56FNO11Si. The lowest BCUT2D eigenvalue weighted by Crippen LogP contribution is -2.62. The van der Waals surface area contributed by atoms with Crippen molar-refractivity contribution in [3.8, 4) is 0 Å². The van der Waals surface area contributed by atoms with Crippen LogP contribution in [0.4, 0.5) is 9.18 Å². The Balaban J connectivity index is 2.14. The van der Waals surface area contributed by atoms with Crippen LogP contribution in [0.5, 0.6) is 0 Å². The molecule has 14 heteroatoms. The van der Waals surface area contributed by atoms with Gasteiger partial charge >= 0.3 is 12.1 Å². The fourth-order valence-electron chi connectivity index (χ4n) is 7.40. The molecule has 0 aromatic heterocycles. The number of ether oxygens (including phenoxy) is 5. The van der Waals surface area contributed by atoms with E-state index in [0.29, 0.717) is 6.42 Å². The zero-order valence-corrected chi connectivity index (χ0v) is 31.2. The van der Waals surface area contributed by atoms with Gasteiger partial charge in [0.1, 0.15) is 18.0 Å². The standard InChI is InChI=1S/C33H56FNO11Si/c1-14-22-33(8)27(44-30(39)45-33)19(4)23(36)17(2)16-31(6,40)26(20(5)25(37)32(7,34)29(38)42-22)43-28-24(46-47(11,12)13)21(35(9)10)15-18(3)41-28/h17-22,24,26-28,40H,14-16H2,1-13H3/t17-,18-,19+,20+,21+,22-,24-,26-,27-,28+,31-,32+,33-/m1/s1. The third-order valence-electron chi connectivity index (χ3n) is 9.81. The van der Waals surface area contributed by atoms with E-state index in [0.717, 1.165) is 6.92 Å². The van der Waals surface area contributed by atoms with Crippen LogP contribution in [0.1, 0.15) is 74.7 Å². The minimum atomic E-state index is -3.18. The van der Waals surface area contributed by atoms with Gasteiger partial charge in [0, 0.05) is 17.9 Å². The van der Waals surface area contributed by atoms with Crippen molar-refractivity contribution in [3.63, 3.8) is 0 Å². The predicted molar refractivity (Wildman–Crippen MR) is 172 cm³/mol. The molecule has 1 N–H and O–H groups in total. The van der Waals surface area contributed by atoms with Crippen LogP contribution in [0, 0.1) is 17.8 Å². The van der Waals surface area contributed by atoms with Gasteiger partial charge in [-0.15, -0.1) is 0 Å². The van der Waals surface area contributed by atoms with Crippen molar-refractivity contribution in [1.29, 1.82) is 0 Å². The second kappa shape index (κ2) is 14.1. The van der Waals surface area contributed by atoms with E-state index in [1.165, 1.54) is 20.8 Å². The van der Waals surface area contributed by atoms with E-state index in [-0.39, 0.29) is 30.8 Å². The first-order valence-electron chi connectivity index (χ1n) is 16.6. The first-order chi connectivity index (χ1) is 21.4. The molecule has 47 heavy (non-hydrogen) atoms. The molecule has 0 spiro atoms. The molecule has 0 saturated carbocycles. The Labute approximate surface area is 279 Å². The second-order valence-corrected chi connectivity index (χ2v) is 20.0. The molecule has 3 fully saturated rings. The van der Waals surface area contributed by atoms with E-state index in [2.05, 4.69) is 0 Å². The fourth-order valence-corrected chi connectivity index (χ4v) is 8.48. The molecule has 0 aromatic rings. The summed E-state index contributed by atoms with van der Waals surface area (Å²) in [5.41, 5.74) is -6.76. The maximum absolute atomic E-state index is 16.5. The Morgan fingerprint density at radius 1 is 1.00 bits per heavy atom. The van der Waals surface area contributed by atoms with Crippen LogP contribution >= 0.6 is 0 Å². The van der Waals surface area contributed by atoms with Gasteiger partial charge in [0.15, 0.2) is 32.1 Å².